The zero-order chi connectivity index (χ0) is 15.4. The Morgan fingerprint density at radius 2 is 1.05 bits per heavy atom. The van der Waals surface area contributed by atoms with Crippen molar-refractivity contribution in [3.8, 4) is 11.1 Å². The summed E-state index contributed by atoms with van der Waals surface area (Å²) < 4.78 is 0. The van der Waals surface area contributed by atoms with E-state index in [1.54, 1.807) is 11.1 Å². The number of hydrogen-bond donors (Lipinski definition) is 0. The Morgan fingerprint density at radius 1 is 0.667 bits per heavy atom. The minimum Gasteiger partial charge on any atom is -0.0642 e. The molecular weight excluding hydrogens is 252 g/mol. The standard InChI is InChI=1S/C21H26/c1-7-21(8-2)17-11-13(3)9-15(5)19(17)20-16(6)10-14(4)12-18(20)21/h9-12H,7-8H2,1-6H3. The van der Waals surface area contributed by atoms with Gasteiger partial charge in [-0.3, -0.25) is 0 Å². The van der Waals surface area contributed by atoms with E-state index in [0.717, 1.165) is 0 Å². The van der Waals surface area contributed by atoms with Gasteiger partial charge < -0.3 is 0 Å². The average Bonchev–Trinajstić information content (AvgIpc) is 2.69. The molecule has 0 fully saturated rings. The van der Waals surface area contributed by atoms with Gasteiger partial charge >= 0.3 is 0 Å². The van der Waals surface area contributed by atoms with Crippen LogP contribution in [-0.2, 0) is 5.41 Å². The second-order valence-corrected chi connectivity index (χ2v) is 6.80. The fourth-order valence-corrected chi connectivity index (χ4v) is 4.51. The molecule has 0 aliphatic heterocycles. The summed E-state index contributed by atoms with van der Waals surface area (Å²) in [4.78, 5) is 0. The molecule has 0 unspecified atom stereocenters. The van der Waals surface area contributed by atoms with Crippen LogP contribution in [-0.4, -0.2) is 0 Å². The van der Waals surface area contributed by atoms with Crippen molar-refractivity contribution in [1.82, 2.24) is 0 Å². The Kier molecular flexibility index (Phi) is 3.24. The van der Waals surface area contributed by atoms with Gasteiger partial charge in [0.2, 0.25) is 0 Å². The lowest BCUT2D eigenvalue weighted by molar-refractivity contribution is 0.489. The zero-order valence-electron chi connectivity index (χ0n) is 14.2. The van der Waals surface area contributed by atoms with Crippen molar-refractivity contribution >= 4 is 0 Å². The lowest BCUT2D eigenvalue weighted by atomic mass is 9.73. The third-order valence-corrected chi connectivity index (χ3v) is 5.45. The highest BCUT2D eigenvalue weighted by Gasteiger charge is 2.41. The van der Waals surface area contributed by atoms with E-state index in [9.17, 15) is 0 Å². The molecule has 0 bridgehead atoms. The first-order chi connectivity index (χ1) is 9.94. The lowest BCUT2D eigenvalue weighted by Gasteiger charge is -2.30. The highest BCUT2D eigenvalue weighted by atomic mass is 14.4. The topological polar surface area (TPSA) is 0 Å². The molecule has 110 valence electrons. The molecule has 0 heteroatoms. The molecule has 1 aliphatic carbocycles. The van der Waals surface area contributed by atoms with Crippen LogP contribution in [0.2, 0.25) is 0 Å². The lowest BCUT2D eigenvalue weighted by Crippen LogP contribution is -2.23. The van der Waals surface area contributed by atoms with E-state index < -0.39 is 0 Å². The molecule has 0 spiro atoms. The van der Waals surface area contributed by atoms with E-state index in [2.05, 4.69) is 65.8 Å². The summed E-state index contributed by atoms with van der Waals surface area (Å²) in [5, 5.41) is 0. The quantitative estimate of drug-likeness (QED) is 0.631. The van der Waals surface area contributed by atoms with Crippen molar-refractivity contribution in [3.05, 3.63) is 57.6 Å². The summed E-state index contributed by atoms with van der Waals surface area (Å²) in [5.41, 5.74) is 12.0. The van der Waals surface area contributed by atoms with Gasteiger partial charge in [-0.15, -0.1) is 0 Å². The van der Waals surface area contributed by atoms with Gasteiger partial charge in [0.05, 0.1) is 0 Å². The number of hydrogen-bond acceptors (Lipinski definition) is 0. The van der Waals surface area contributed by atoms with Gasteiger partial charge in [-0.2, -0.15) is 0 Å². The molecule has 2 aromatic carbocycles. The summed E-state index contributed by atoms with van der Waals surface area (Å²) in [7, 11) is 0. The van der Waals surface area contributed by atoms with Gasteiger partial charge in [0.15, 0.2) is 0 Å². The van der Waals surface area contributed by atoms with Crippen molar-refractivity contribution in [2.75, 3.05) is 0 Å². The predicted molar refractivity (Wildman–Crippen MR) is 92.2 cm³/mol. The second kappa shape index (κ2) is 4.73. The molecule has 0 atom stereocenters. The van der Waals surface area contributed by atoms with E-state index in [4.69, 9.17) is 0 Å². The zero-order valence-corrected chi connectivity index (χ0v) is 14.2. The first-order valence-electron chi connectivity index (χ1n) is 8.18. The number of fused-ring (bicyclic) bond motifs is 3. The molecular formula is C21H26. The molecule has 0 saturated carbocycles. The Morgan fingerprint density at radius 3 is 1.38 bits per heavy atom. The van der Waals surface area contributed by atoms with Gasteiger partial charge in [0.25, 0.3) is 0 Å². The Hall–Kier alpha value is -1.56. The fourth-order valence-electron chi connectivity index (χ4n) is 4.51. The normalized spacial score (nSPS) is 15.0. The smallest absolute Gasteiger partial charge is 0.0210 e. The van der Waals surface area contributed by atoms with E-state index >= 15 is 0 Å². The molecule has 1 aliphatic rings. The summed E-state index contributed by atoms with van der Waals surface area (Å²) in [5.74, 6) is 0. The van der Waals surface area contributed by atoms with Crippen LogP contribution in [0.3, 0.4) is 0 Å². The Bertz CT molecular complexity index is 656. The fraction of sp³-hybridized carbons (Fsp3) is 0.429. The second-order valence-electron chi connectivity index (χ2n) is 6.80. The number of aryl methyl sites for hydroxylation is 4. The molecule has 0 radical (unpaired) electrons. The van der Waals surface area contributed by atoms with Crippen LogP contribution >= 0.6 is 0 Å². The highest BCUT2D eigenvalue weighted by molar-refractivity contribution is 5.86. The van der Waals surface area contributed by atoms with Crippen LogP contribution in [0.5, 0.6) is 0 Å². The van der Waals surface area contributed by atoms with Crippen molar-refractivity contribution in [1.29, 1.82) is 0 Å². The minimum atomic E-state index is 0.207. The van der Waals surface area contributed by atoms with Gasteiger partial charge in [-0.25, -0.2) is 0 Å². The minimum absolute atomic E-state index is 0.207. The monoisotopic (exact) mass is 278 g/mol. The van der Waals surface area contributed by atoms with Crippen LogP contribution in [0.4, 0.5) is 0 Å². The van der Waals surface area contributed by atoms with Crippen molar-refractivity contribution in [3.63, 3.8) is 0 Å². The SMILES string of the molecule is CCC1(CC)c2cc(C)cc(C)c2-c2c(C)cc(C)cc21. The van der Waals surface area contributed by atoms with Crippen molar-refractivity contribution < 1.29 is 0 Å². The third-order valence-electron chi connectivity index (χ3n) is 5.45. The Balaban J connectivity index is 2.49. The molecule has 0 nitrogen and oxygen atoms in total. The van der Waals surface area contributed by atoms with Gasteiger partial charge in [-0.05, 0) is 73.9 Å². The van der Waals surface area contributed by atoms with Crippen LogP contribution in [0.15, 0.2) is 24.3 Å². The van der Waals surface area contributed by atoms with E-state index in [1.165, 1.54) is 46.2 Å². The first kappa shape index (κ1) is 14.4. The highest BCUT2D eigenvalue weighted by Crippen LogP contribution is 2.55. The summed E-state index contributed by atoms with van der Waals surface area (Å²) >= 11 is 0. The molecule has 0 N–H and O–H groups in total. The summed E-state index contributed by atoms with van der Waals surface area (Å²) in [6, 6.07) is 9.54. The first-order valence-corrected chi connectivity index (χ1v) is 8.18. The molecule has 0 amide bonds. The molecule has 0 aromatic heterocycles. The van der Waals surface area contributed by atoms with E-state index in [0.29, 0.717) is 0 Å². The van der Waals surface area contributed by atoms with Gasteiger partial charge in [-0.1, -0.05) is 49.2 Å². The van der Waals surface area contributed by atoms with E-state index in [-0.39, 0.29) is 5.41 Å². The largest absolute Gasteiger partial charge is 0.0642 e. The molecule has 2 aromatic rings. The van der Waals surface area contributed by atoms with Gasteiger partial charge in [0, 0.05) is 5.41 Å². The van der Waals surface area contributed by atoms with E-state index in [1.807, 2.05) is 0 Å². The van der Waals surface area contributed by atoms with Crippen LogP contribution < -0.4 is 0 Å². The van der Waals surface area contributed by atoms with Gasteiger partial charge in [0.1, 0.15) is 0 Å². The van der Waals surface area contributed by atoms with Crippen LogP contribution in [0, 0.1) is 27.7 Å². The predicted octanol–water partition coefficient (Wildman–Crippen LogP) is 6.01. The third kappa shape index (κ3) is 1.81. The summed E-state index contributed by atoms with van der Waals surface area (Å²) in [6.45, 7) is 13.7. The summed E-state index contributed by atoms with van der Waals surface area (Å²) in [6.07, 6.45) is 2.35. The molecule has 0 saturated heterocycles. The van der Waals surface area contributed by atoms with Crippen LogP contribution in [0.25, 0.3) is 11.1 Å². The molecule has 3 rings (SSSR count). The maximum absolute atomic E-state index is 2.43. The Labute approximate surface area is 129 Å². The number of benzene rings is 2. The van der Waals surface area contributed by atoms with Crippen LogP contribution in [0.1, 0.15) is 60.1 Å². The molecule has 21 heavy (non-hydrogen) atoms. The maximum atomic E-state index is 2.43. The van der Waals surface area contributed by atoms with Crippen molar-refractivity contribution in [2.45, 2.75) is 59.8 Å². The van der Waals surface area contributed by atoms with Crippen molar-refractivity contribution in [2.24, 2.45) is 0 Å². The molecule has 0 heterocycles. The maximum Gasteiger partial charge on any atom is 0.0210 e. The number of rotatable bonds is 2. The average molecular weight is 278 g/mol.